The van der Waals surface area contributed by atoms with Crippen molar-refractivity contribution in [1.82, 2.24) is 5.32 Å². The minimum Gasteiger partial charge on any atom is -0.493 e. The average Bonchev–Trinajstić information content (AvgIpc) is 3.17. The van der Waals surface area contributed by atoms with Crippen LogP contribution in [0.3, 0.4) is 0 Å². The van der Waals surface area contributed by atoms with Gasteiger partial charge in [0.1, 0.15) is 12.4 Å². The van der Waals surface area contributed by atoms with Crippen molar-refractivity contribution in [2.24, 2.45) is 0 Å². The van der Waals surface area contributed by atoms with Crippen LogP contribution in [-0.2, 0) is 16.1 Å². The number of ether oxygens (including phenoxy) is 3. The van der Waals surface area contributed by atoms with Crippen LogP contribution in [0, 0.1) is 5.82 Å². The first-order chi connectivity index (χ1) is 17.8. The van der Waals surface area contributed by atoms with Crippen molar-refractivity contribution in [2.45, 2.75) is 19.4 Å². The molecule has 0 saturated heterocycles. The summed E-state index contributed by atoms with van der Waals surface area (Å²) in [7, 11) is 2.82. The quantitative estimate of drug-likeness (QED) is 0.375. The number of halogens is 2. The number of carbonyl (C=O) groups excluding carboxylic acids is 2. The molecule has 37 heavy (non-hydrogen) atoms. The molecule has 2 aliphatic rings. The number of hydrogen-bond acceptors (Lipinski definition) is 6. The van der Waals surface area contributed by atoms with E-state index >= 15 is 0 Å². The third kappa shape index (κ3) is 4.31. The molecule has 8 heteroatoms. The lowest BCUT2D eigenvalue weighted by Crippen LogP contribution is -2.29. The number of carbonyl (C=O) groups is 2. The number of esters is 1. The zero-order chi connectivity index (χ0) is 26.3. The molecule has 0 fully saturated rings. The van der Waals surface area contributed by atoms with Crippen LogP contribution in [-0.4, -0.2) is 26.0 Å². The van der Waals surface area contributed by atoms with E-state index in [1.54, 1.807) is 37.3 Å². The van der Waals surface area contributed by atoms with Crippen molar-refractivity contribution in [2.75, 3.05) is 14.2 Å². The Hall–Kier alpha value is -3.91. The molecule has 0 saturated carbocycles. The predicted octanol–water partition coefficient (Wildman–Crippen LogP) is 5.92. The zero-order valence-electron chi connectivity index (χ0n) is 20.4. The fourth-order valence-corrected chi connectivity index (χ4v) is 5.45. The molecule has 0 amide bonds. The van der Waals surface area contributed by atoms with Gasteiger partial charge in [0.15, 0.2) is 17.3 Å². The van der Waals surface area contributed by atoms with E-state index in [0.717, 1.165) is 5.56 Å². The minimum absolute atomic E-state index is 0.120. The average molecular weight is 564 g/mol. The minimum atomic E-state index is -0.703. The zero-order valence-corrected chi connectivity index (χ0v) is 21.9. The third-order valence-corrected chi connectivity index (χ3v) is 7.10. The number of ketones is 1. The Morgan fingerprint density at radius 1 is 1.05 bits per heavy atom. The molecular weight excluding hydrogens is 541 g/mol. The van der Waals surface area contributed by atoms with E-state index in [9.17, 15) is 14.0 Å². The number of rotatable bonds is 6. The largest absolute Gasteiger partial charge is 0.493 e. The van der Waals surface area contributed by atoms with Gasteiger partial charge in [-0.2, -0.15) is 0 Å². The lowest BCUT2D eigenvalue weighted by atomic mass is 9.79. The van der Waals surface area contributed by atoms with E-state index in [2.05, 4.69) is 21.2 Å². The van der Waals surface area contributed by atoms with Crippen LogP contribution in [0.25, 0.3) is 5.70 Å². The number of methoxy groups -OCH3 is 2. The molecule has 1 atom stereocenters. The summed E-state index contributed by atoms with van der Waals surface area (Å²) in [5, 5.41) is 3.27. The summed E-state index contributed by atoms with van der Waals surface area (Å²) in [6, 6.07) is 17.1. The van der Waals surface area contributed by atoms with Gasteiger partial charge in [-0.25, -0.2) is 9.18 Å². The molecule has 0 radical (unpaired) electrons. The third-order valence-electron chi connectivity index (χ3n) is 6.51. The summed E-state index contributed by atoms with van der Waals surface area (Å²) in [6.45, 7) is 1.91. The Morgan fingerprint density at radius 3 is 2.51 bits per heavy atom. The van der Waals surface area contributed by atoms with Crippen molar-refractivity contribution in [3.63, 3.8) is 0 Å². The van der Waals surface area contributed by atoms with Gasteiger partial charge < -0.3 is 19.5 Å². The molecule has 1 aliphatic heterocycles. The van der Waals surface area contributed by atoms with Crippen LogP contribution < -0.4 is 14.8 Å². The molecule has 0 spiro atoms. The molecular formula is C29H23BrFNO5. The number of fused-ring (bicyclic) bond motifs is 2. The van der Waals surface area contributed by atoms with E-state index in [-0.39, 0.29) is 18.2 Å². The molecule has 0 aromatic heterocycles. The molecule has 3 aromatic rings. The Kier molecular flexibility index (Phi) is 6.60. The van der Waals surface area contributed by atoms with Crippen molar-refractivity contribution in [3.8, 4) is 11.5 Å². The Labute approximate surface area is 221 Å². The van der Waals surface area contributed by atoms with Crippen LogP contribution in [0.15, 0.2) is 82.0 Å². The molecule has 1 N–H and O–H groups in total. The van der Waals surface area contributed by atoms with Crippen LogP contribution in [0.5, 0.6) is 11.5 Å². The van der Waals surface area contributed by atoms with Crippen LogP contribution in [0.4, 0.5) is 4.39 Å². The smallest absolute Gasteiger partial charge is 0.336 e. The van der Waals surface area contributed by atoms with E-state index in [1.165, 1.54) is 26.4 Å². The first kappa shape index (κ1) is 24.8. The number of nitrogens with one attached hydrogen (secondary N) is 1. The lowest BCUT2D eigenvalue weighted by Gasteiger charge is -2.29. The summed E-state index contributed by atoms with van der Waals surface area (Å²) in [5.74, 6) is -0.931. The lowest BCUT2D eigenvalue weighted by molar-refractivity contribution is -0.136. The molecule has 5 rings (SSSR count). The van der Waals surface area contributed by atoms with Crippen LogP contribution in [0.2, 0.25) is 0 Å². The summed E-state index contributed by atoms with van der Waals surface area (Å²) >= 11 is 3.57. The SMILES string of the molecule is COC(=O)C1=C(C)NC2=C(C(=O)c3ccccc32)[C@H]1c1cc(Br)c(OCc2cccc(F)c2)c(OC)c1. The topological polar surface area (TPSA) is 73.9 Å². The highest BCUT2D eigenvalue weighted by Gasteiger charge is 2.43. The molecule has 1 heterocycles. The monoisotopic (exact) mass is 563 g/mol. The Balaban J connectivity index is 1.60. The fraction of sp³-hybridized carbons (Fsp3) is 0.172. The maximum atomic E-state index is 13.6. The van der Waals surface area contributed by atoms with Crippen LogP contribution >= 0.6 is 15.9 Å². The van der Waals surface area contributed by atoms with E-state index in [4.69, 9.17) is 14.2 Å². The summed E-state index contributed by atoms with van der Waals surface area (Å²) in [6.07, 6.45) is 0. The highest BCUT2D eigenvalue weighted by atomic mass is 79.9. The number of benzene rings is 3. The van der Waals surface area contributed by atoms with Crippen LogP contribution in [0.1, 0.15) is 39.9 Å². The molecule has 0 unspecified atom stereocenters. The first-order valence-electron chi connectivity index (χ1n) is 11.5. The van der Waals surface area contributed by atoms with Crippen molar-refractivity contribution >= 4 is 33.4 Å². The van der Waals surface area contributed by atoms with Gasteiger partial charge >= 0.3 is 5.97 Å². The number of dihydropyridines is 1. The molecule has 3 aromatic carbocycles. The first-order valence-corrected chi connectivity index (χ1v) is 12.3. The van der Waals surface area contributed by atoms with Gasteiger partial charge in [-0.15, -0.1) is 0 Å². The van der Waals surface area contributed by atoms with Crippen molar-refractivity contribution in [1.29, 1.82) is 0 Å². The van der Waals surface area contributed by atoms with Gasteiger partial charge in [0.25, 0.3) is 0 Å². The van der Waals surface area contributed by atoms with Gasteiger partial charge in [-0.05, 0) is 58.2 Å². The molecule has 188 valence electrons. The maximum absolute atomic E-state index is 13.6. The number of Topliss-reactive ketones (excluding diaryl/α,β-unsaturated/α-hetero) is 1. The second kappa shape index (κ2) is 9.86. The van der Waals surface area contributed by atoms with Gasteiger partial charge in [-0.3, -0.25) is 4.79 Å². The number of allylic oxidation sites excluding steroid dienone is 2. The second-order valence-corrected chi connectivity index (χ2v) is 9.56. The van der Waals surface area contributed by atoms with E-state index < -0.39 is 11.9 Å². The predicted molar refractivity (Wildman–Crippen MR) is 140 cm³/mol. The van der Waals surface area contributed by atoms with Gasteiger partial charge in [0.05, 0.1) is 30.0 Å². The highest BCUT2D eigenvalue weighted by Crippen LogP contribution is 2.49. The van der Waals surface area contributed by atoms with E-state index in [1.807, 2.05) is 18.2 Å². The van der Waals surface area contributed by atoms with Gasteiger partial charge in [0.2, 0.25) is 0 Å². The highest BCUT2D eigenvalue weighted by molar-refractivity contribution is 9.10. The van der Waals surface area contributed by atoms with Crippen molar-refractivity contribution < 1.29 is 28.2 Å². The van der Waals surface area contributed by atoms with Gasteiger partial charge in [-0.1, -0.05) is 36.4 Å². The normalized spacial score (nSPS) is 16.2. The standard InChI is InChI=1S/C29H23BrFNO5/c1-15-23(29(34)36-3)24(25-26(32-15)19-9-4-5-10-20(19)27(25)33)17-12-21(30)28(22(13-17)35-2)37-14-16-7-6-8-18(31)11-16/h4-13,24,32H,14H2,1-3H3/t24-/m0/s1. The molecule has 1 aliphatic carbocycles. The molecule has 6 nitrogen and oxygen atoms in total. The van der Waals surface area contributed by atoms with Gasteiger partial charge in [0, 0.05) is 28.3 Å². The maximum Gasteiger partial charge on any atom is 0.336 e. The summed E-state index contributed by atoms with van der Waals surface area (Å²) in [5.41, 5.74) is 4.75. The Morgan fingerprint density at radius 2 is 1.81 bits per heavy atom. The Bertz CT molecular complexity index is 1510. The second-order valence-electron chi connectivity index (χ2n) is 8.70. The van der Waals surface area contributed by atoms with Crippen molar-refractivity contribution in [3.05, 3.63) is 110 Å². The summed E-state index contributed by atoms with van der Waals surface area (Å²) in [4.78, 5) is 26.6. The van der Waals surface area contributed by atoms with E-state index in [0.29, 0.717) is 55.2 Å². The number of hydrogen-bond donors (Lipinski definition) is 1. The fourth-order valence-electron chi connectivity index (χ4n) is 4.87. The molecule has 0 bridgehead atoms. The summed E-state index contributed by atoms with van der Waals surface area (Å²) < 4.78 is 30.9.